The van der Waals surface area contributed by atoms with Gasteiger partial charge in [-0.2, -0.15) is 0 Å². The fourth-order valence-corrected chi connectivity index (χ4v) is 5.34. The molecule has 8 aromatic carbocycles. The molecule has 1 nitrogen and oxygen atoms in total. The summed E-state index contributed by atoms with van der Waals surface area (Å²) >= 11 is 0. The van der Waals surface area contributed by atoms with Crippen molar-refractivity contribution in [2.24, 2.45) is 0 Å². The number of benzene rings is 8. The van der Waals surface area contributed by atoms with Crippen molar-refractivity contribution < 1.29 is 37.3 Å². The van der Waals surface area contributed by atoms with Crippen LogP contribution < -0.4 is 0 Å². The minimum absolute atomic E-state index is 0.382. The van der Waals surface area contributed by atoms with Crippen molar-refractivity contribution in [1.82, 2.24) is 0 Å². The molecule has 0 aliphatic rings. The molecule has 0 bridgehead atoms. The van der Waals surface area contributed by atoms with Crippen LogP contribution >= 0.6 is 0 Å². The lowest BCUT2D eigenvalue weighted by atomic mass is 9.85. The van der Waals surface area contributed by atoms with E-state index in [2.05, 4.69) is 0 Å². The van der Waals surface area contributed by atoms with Gasteiger partial charge in [0.05, 0.1) is 32.9 Å². The smallest absolute Gasteiger partial charge is 0.143 e. The summed E-state index contributed by atoms with van der Waals surface area (Å²) in [5.41, 5.74) is -3.88. The summed E-state index contributed by atoms with van der Waals surface area (Å²) in [4.78, 5) is 0. The lowest BCUT2D eigenvalue weighted by molar-refractivity contribution is 0.670. The van der Waals surface area contributed by atoms with E-state index >= 15 is 0 Å². The van der Waals surface area contributed by atoms with Crippen molar-refractivity contribution in [3.05, 3.63) is 145 Å². The van der Waals surface area contributed by atoms with Crippen molar-refractivity contribution in [2.45, 2.75) is 0 Å². The van der Waals surface area contributed by atoms with Crippen molar-refractivity contribution in [3.8, 4) is 22.3 Å². The van der Waals surface area contributed by atoms with E-state index in [0.29, 0.717) is 0 Å². The highest BCUT2D eigenvalue weighted by atomic mass is 16.3. The van der Waals surface area contributed by atoms with E-state index in [9.17, 15) is 6.85 Å². The summed E-state index contributed by atoms with van der Waals surface area (Å²) in [6.07, 6.45) is 0. The van der Waals surface area contributed by atoms with Gasteiger partial charge in [-0.25, -0.2) is 0 Å². The highest BCUT2D eigenvalue weighted by Crippen LogP contribution is 2.48. The predicted molar refractivity (Wildman–Crippen MR) is 175 cm³/mol. The number of fused-ring (bicyclic) bond motifs is 9. The number of hydrogen-bond donors (Lipinski definition) is 0. The Kier molecular flexibility index (Phi) is 1.94. The summed E-state index contributed by atoms with van der Waals surface area (Å²) < 4.78 is 220. The maximum Gasteiger partial charge on any atom is 0.143 e. The Labute approximate surface area is 270 Å². The molecule has 0 unspecified atom stereocenters. The Balaban J connectivity index is 1.75. The molecule has 0 spiro atoms. The topological polar surface area (TPSA) is 13.1 Å². The minimum Gasteiger partial charge on any atom is -0.455 e. The molecule has 0 radical (unpaired) electrons. The van der Waals surface area contributed by atoms with E-state index in [1.54, 1.807) is 0 Å². The van der Waals surface area contributed by atoms with Gasteiger partial charge < -0.3 is 4.42 Å². The van der Waals surface area contributed by atoms with E-state index in [-0.39, 0.29) is 5.39 Å². The first-order chi connectivity index (χ1) is 30.3. The van der Waals surface area contributed by atoms with Gasteiger partial charge in [0.15, 0.2) is 0 Å². The standard InChI is InChI=1S/C40H24O/c1-2-13-26(14-3-1)36-30-18-8-10-20-32(30)37(33-21-11-9-19-31(33)36)34-24-27-15-5-7-17-29(27)39-38-28-16-6-4-12-25(28)22-23-35(38)41-40(34)39/h1-24H/i1D,2D,3D,4D,5D,6D,7D,8D,9D,10D,11D,12D,13D,14D,15D,16D,17D,18D,19D,20D,21D,22D,23D,24D. The summed E-state index contributed by atoms with van der Waals surface area (Å²) in [5.74, 6) is 0. The molecule has 0 saturated carbocycles. The van der Waals surface area contributed by atoms with E-state index in [4.69, 9.17) is 30.5 Å². The monoisotopic (exact) mass is 544 g/mol. The van der Waals surface area contributed by atoms with Crippen LogP contribution in [0.1, 0.15) is 32.9 Å². The van der Waals surface area contributed by atoms with Gasteiger partial charge in [-0.3, -0.25) is 0 Å². The Hall–Kier alpha value is -5.40. The third-order valence-corrected chi connectivity index (χ3v) is 6.94. The molecule has 0 aliphatic heterocycles. The summed E-state index contributed by atoms with van der Waals surface area (Å²) in [6, 6.07) is -20.8. The molecule has 9 aromatic rings. The first-order valence-electron chi connectivity index (χ1n) is 24.2. The van der Waals surface area contributed by atoms with Gasteiger partial charge in [0.1, 0.15) is 11.2 Å². The Morgan fingerprint density at radius 2 is 0.927 bits per heavy atom. The lowest BCUT2D eigenvalue weighted by Crippen LogP contribution is -1.91. The van der Waals surface area contributed by atoms with Crippen LogP contribution in [0.25, 0.3) is 87.3 Å². The van der Waals surface area contributed by atoms with Crippen LogP contribution in [0, 0.1) is 0 Å². The number of rotatable bonds is 2. The van der Waals surface area contributed by atoms with E-state index in [0.717, 1.165) is 0 Å². The quantitative estimate of drug-likeness (QED) is 0.197. The molecule has 0 atom stereocenters. The second-order valence-electron chi connectivity index (χ2n) is 9.01. The predicted octanol–water partition coefficient (Wildman–Crippen LogP) is 11.5. The molecule has 0 aliphatic carbocycles. The molecule has 0 fully saturated rings. The Morgan fingerprint density at radius 1 is 0.415 bits per heavy atom. The van der Waals surface area contributed by atoms with Gasteiger partial charge in [0, 0.05) is 21.9 Å². The molecule has 0 amide bonds. The van der Waals surface area contributed by atoms with Crippen LogP contribution in [0.4, 0.5) is 0 Å². The molecular weight excluding hydrogens is 496 g/mol. The van der Waals surface area contributed by atoms with E-state index in [1.165, 1.54) is 0 Å². The average molecular weight is 545 g/mol. The molecule has 0 N–H and O–H groups in total. The first-order valence-corrected chi connectivity index (χ1v) is 12.2. The molecule has 9 rings (SSSR count). The van der Waals surface area contributed by atoms with Gasteiger partial charge in [-0.05, 0) is 66.3 Å². The van der Waals surface area contributed by atoms with Crippen LogP contribution in [-0.2, 0) is 0 Å². The maximum absolute atomic E-state index is 9.86. The summed E-state index contributed by atoms with van der Waals surface area (Å²) in [5, 5.41) is -5.44. The van der Waals surface area contributed by atoms with Crippen LogP contribution in [0.5, 0.6) is 0 Å². The van der Waals surface area contributed by atoms with Gasteiger partial charge in [0.2, 0.25) is 0 Å². The first kappa shape index (κ1) is 9.33. The summed E-state index contributed by atoms with van der Waals surface area (Å²) in [6.45, 7) is 0. The molecule has 0 saturated heterocycles. The molecule has 1 heterocycles. The van der Waals surface area contributed by atoms with Gasteiger partial charge >= 0.3 is 0 Å². The molecule has 41 heavy (non-hydrogen) atoms. The van der Waals surface area contributed by atoms with E-state index in [1.807, 2.05) is 0 Å². The average Bonchev–Trinajstić information content (AvgIpc) is 3.67. The Bertz CT molecular complexity index is 3710. The van der Waals surface area contributed by atoms with Gasteiger partial charge in [-0.1, -0.05) is 133 Å². The summed E-state index contributed by atoms with van der Waals surface area (Å²) in [7, 11) is 0. The van der Waals surface area contributed by atoms with Crippen molar-refractivity contribution in [1.29, 1.82) is 0 Å². The van der Waals surface area contributed by atoms with Crippen LogP contribution in [0.2, 0.25) is 0 Å². The van der Waals surface area contributed by atoms with Gasteiger partial charge in [-0.15, -0.1) is 0 Å². The fraction of sp³-hybridized carbons (Fsp3) is 0. The highest BCUT2D eigenvalue weighted by Gasteiger charge is 2.22. The fourth-order valence-electron chi connectivity index (χ4n) is 5.34. The van der Waals surface area contributed by atoms with Crippen LogP contribution in [0.15, 0.2) is 149 Å². The lowest BCUT2D eigenvalue weighted by Gasteiger charge is -2.18. The zero-order valence-corrected chi connectivity index (χ0v) is 20.4. The number of hydrogen-bond acceptors (Lipinski definition) is 1. The minimum atomic E-state index is -0.944. The third-order valence-electron chi connectivity index (χ3n) is 6.94. The zero-order chi connectivity index (χ0) is 47.8. The van der Waals surface area contributed by atoms with Crippen molar-refractivity contribution in [2.75, 3.05) is 0 Å². The molecule has 190 valence electrons. The third kappa shape index (κ3) is 3.18. The molecule has 1 aromatic heterocycles. The number of furan rings is 1. The normalized spacial score (nSPS) is 20.1. The van der Waals surface area contributed by atoms with Crippen molar-refractivity contribution >= 4 is 65.0 Å². The van der Waals surface area contributed by atoms with Crippen molar-refractivity contribution in [3.63, 3.8) is 0 Å². The second kappa shape index (κ2) is 8.55. The van der Waals surface area contributed by atoms with Crippen LogP contribution in [-0.4, -0.2) is 0 Å². The Morgan fingerprint density at radius 3 is 1.59 bits per heavy atom. The highest BCUT2D eigenvalue weighted by molar-refractivity contribution is 6.31. The zero-order valence-electron chi connectivity index (χ0n) is 44.4. The molecular formula is C40H24O. The molecule has 1 heteroatoms. The van der Waals surface area contributed by atoms with Crippen LogP contribution in [0.3, 0.4) is 0 Å². The second-order valence-corrected chi connectivity index (χ2v) is 9.01. The largest absolute Gasteiger partial charge is 0.455 e. The van der Waals surface area contributed by atoms with Gasteiger partial charge in [0.25, 0.3) is 0 Å². The maximum atomic E-state index is 9.86. The van der Waals surface area contributed by atoms with E-state index < -0.39 is 227 Å². The SMILES string of the molecule is [2H]c1c([2H])c([2H])c(-c2c3c([2H])c([2H])c([2H])c([2H])c3c(-c3c([2H])c4c([2H])c([2H])c([2H])c([2H])c4c4c3oc3c([2H])c([2H])c5c([2H])c([2H])c([2H])c([2H])c5c34)c3c([2H])c([2H])c([2H])c([2H])c23)c([2H])c1[2H].